The highest BCUT2D eigenvalue weighted by molar-refractivity contribution is 5.69. The molecule has 3 fully saturated rings. The lowest BCUT2D eigenvalue weighted by molar-refractivity contribution is -0.149. The van der Waals surface area contributed by atoms with Crippen LogP contribution in [0, 0.1) is 51.2 Å². The number of hydrogen-bond donors (Lipinski definition) is 4. The zero-order valence-corrected chi connectivity index (χ0v) is 27.1. The maximum atomic E-state index is 12.3. The Morgan fingerprint density at radius 1 is 0.952 bits per heavy atom. The van der Waals surface area contributed by atoms with Gasteiger partial charge >= 0.3 is 5.97 Å². The molecule has 42 heavy (non-hydrogen) atoms. The summed E-state index contributed by atoms with van der Waals surface area (Å²) in [6.45, 7) is 11.0. The maximum absolute atomic E-state index is 12.3. The van der Waals surface area contributed by atoms with Gasteiger partial charge in [-0.15, -0.1) is 0 Å². The lowest BCUT2D eigenvalue weighted by Gasteiger charge is -2.58. The van der Waals surface area contributed by atoms with E-state index in [1.165, 1.54) is 32.1 Å². The predicted octanol–water partition coefficient (Wildman–Crippen LogP) is 5.28. The summed E-state index contributed by atoms with van der Waals surface area (Å²) in [4.78, 5) is 12.3. The van der Waals surface area contributed by atoms with Crippen molar-refractivity contribution in [2.45, 2.75) is 111 Å². The molecule has 0 saturated heterocycles. The molecule has 4 rings (SSSR count). The number of rotatable bonds is 14. The molecule has 4 aliphatic rings. The van der Waals surface area contributed by atoms with E-state index in [0.29, 0.717) is 30.3 Å². The summed E-state index contributed by atoms with van der Waals surface area (Å²) in [5, 5.41) is 38.2. The van der Waals surface area contributed by atoms with Crippen LogP contribution < -0.4 is 0 Å². The second-order valence-corrected chi connectivity index (χ2v) is 15.9. The van der Waals surface area contributed by atoms with Gasteiger partial charge in [0.15, 0.2) is 0 Å². The number of ether oxygens (including phenoxy) is 2. The molecule has 0 bridgehead atoms. The molecule has 0 aliphatic heterocycles. The summed E-state index contributed by atoms with van der Waals surface area (Å²) in [6, 6.07) is 0. The van der Waals surface area contributed by atoms with E-state index in [9.17, 15) is 25.2 Å². The number of carbonyl (C=O) groups excluding carboxylic acids is 1. The molecule has 0 aromatic heterocycles. The van der Waals surface area contributed by atoms with E-state index in [0.717, 1.165) is 49.9 Å². The second kappa shape index (κ2) is 13.6. The third-order valence-electron chi connectivity index (χ3n) is 12.6. The highest BCUT2D eigenvalue weighted by Gasteiger charge is 2.59. The molecule has 0 spiro atoms. The summed E-state index contributed by atoms with van der Waals surface area (Å²) >= 11 is 0. The topological polar surface area (TPSA) is 116 Å². The first-order valence-corrected chi connectivity index (χ1v) is 16.8. The van der Waals surface area contributed by atoms with Crippen LogP contribution in [0.4, 0.5) is 0 Å². The number of hydrogen-bond acceptors (Lipinski definition) is 7. The first kappa shape index (κ1) is 33.9. The molecule has 0 heterocycles. The number of allylic oxidation sites excluding steroid dienone is 1. The van der Waals surface area contributed by atoms with E-state index in [1.807, 2.05) is 6.92 Å². The summed E-state index contributed by atoms with van der Waals surface area (Å²) in [7, 11) is 0. The first-order chi connectivity index (χ1) is 19.9. The van der Waals surface area contributed by atoms with Crippen LogP contribution in [0.5, 0.6) is 0 Å². The fraction of sp³-hybridized carbons (Fsp3) is 0.914. The molecule has 0 aromatic rings. The highest BCUT2D eigenvalue weighted by atomic mass is 16.5. The smallest absolute Gasteiger partial charge is 0.305 e. The van der Waals surface area contributed by atoms with E-state index >= 15 is 0 Å². The van der Waals surface area contributed by atoms with Crippen molar-refractivity contribution in [3.63, 3.8) is 0 Å². The Kier molecular flexibility index (Phi) is 10.9. The van der Waals surface area contributed by atoms with Gasteiger partial charge in [0.05, 0.1) is 39.1 Å². The average molecular weight is 593 g/mol. The third kappa shape index (κ3) is 6.80. The van der Waals surface area contributed by atoms with Gasteiger partial charge in [-0.1, -0.05) is 46.3 Å². The normalized spacial score (nSPS) is 35.5. The number of aliphatic hydroxyl groups is 4. The Morgan fingerprint density at radius 3 is 2.29 bits per heavy atom. The van der Waals surface area contributed by atoms with Crippen LogP contribution in [0.1, 0.15) is 105 Å². The highest BCUT2D eigenvalue weighted by Crippen LogP contribution is 2.67. The van der Waals surface area contributed by atoms with Crippen molar-refractivity contribution in [3.05, 3.63) is 11.6 Å². The first-order valence-electron chi connectivity index (χ1n) is 16.8. The molecule has 3 saturated carbocycles. The van der Waals surface area contributed by atoms with E-state index in [4.69, 9.17) is 9.47 Å². The number of esters is 1. The lowest BCUT2D eigenvalue weighted by atomic mass is 9.47. The van der Waals surface area contributed by atoms with Gasteiger partial charge in [-0.05, 0) is 105 Å². The van der Waals surface area contributed by atoms with Crippen molar-refractivity contribution in [3.8, 4) is 0 Å². The molecular formula is C35H60O7. The molecule has 0 unspecified atom stereocenters. The third-order valence-corrected chi connectivity index (χ3v) is 12.6. The zero-order chi connectivity index (χ0) is 30.8. The van der Waals surface area contributed by atoms with Crippen LogP contribution in [0.15, 0.2) is 11.6 Å². The minimum atomic E-state index is -0.781. The average Bonchev–Trinajstić information content (AvgIpc) is 3.35. The van der Waals surface area contributed by atoms with Gasteiger partial charge in [-0.25, -0.2) is 0 Å². The second-order valence-electron chi connectivity index (χ2n) is 15.9. The van der Waals surface area contributed by atoms with Gasteiger partial charge in [-0.2, -0.15) is 0 Å². The minimum Gasteiger partial charge on any atom is -0.465 e. The van der Waals surface area contributed by atoms with Crippen LogP contribution in [-0.2, 0) is 14.3 Å². The van der Waals surface area contributed by atoms with Crippen LogP contribution >= 0.6 is 0 Å². The summed E-state index contributed by atoms with van der Waals surface area (Å²) in [5.41, 5.74) is 0.853. The Labute approximate surface area is 254 Å². The molecule has 8 atom stereocenters. The summed E-state index contributed by atoms with van der Waals surface area (Å²) in [6.07, 6.45) is 14.6. The van der Waals surface area contributed by atoms with Gasteiger partial charge in [0.1, 0.15) is 6.61 Å². The molecule has 0 amide bonds. The van der Waals surface area contributed by atoms with Crippen molar-refractivity contribution in [1.29, 1.82) is 0 Å². The molecule has 7 heteroatoms. The van der Waals surface area contributed by atoms with Gasteiger partial charge in [0.25, 0.3) is 0 Å². The molecule has 4 N–H and O–H groups in total. The lowest BCUT2D eigenvalue weighted by Crippen LogP contribution is -2.51. The van der Waals surface area contributed by atoms with Gasteiger partial charge in [0, 0.05) is 17.3 Å². The van der Waals surface area contributed by atoms with Crippen molar-refractivity contribution < 1.29 is 34.7 Å². The Bertz CT molecular complexity index is 940. The van der Waals surface area contributed by atoms with E-state index in [-0.39, 0.29) is 50.5 Å². The standard InChI is InChI=1S/C35H60O7/c1-24(7-6-8-31(40)42-23-33(3,20-38)21-39)28-11-12-29-27-10-9-25-17-26(41-22-32(2,18-36)19-37)13-15-34(25,4)30(27)14-16-35(28,29)5/h9,24,26-30,36-39H,6-8,10-23H2,1-5H3/t24-,26+,27+,28-,29+,30+,34+,35-/m1/s1. The van der Waals surface area contributed by atoms with E-state index < -0.39 is 10.8 Å². The molecule has 242 valence electrons. The van der Waals surface area contributed by atoms with Crippen molar-refractivity contribution in [1.82, 2.24) is 0 Å². The molecule has 0 aromatic carbocycles. The van der Waals surface area contributed by atoms with Crippen molar-refractivity contribution >= 4 is 5.97 Å². The Morgan fingerprint density at radius 2 is 1.62 bits per heavy atom. The van der Waals surface area contributed by atoms with E-state index in [1.54, 1.807) is 12.5 Å². The zero-order valence-electron chi connectivity index (χ0n) is 27.1. The van der Waals surface area contributed by atoms with Gasteiger partial charge < -0.3 is 29.9 Å². The van der Waals surface area contributed by atoms with Gasteiger partial charge in [-0.3, -0.25) is 4.79 Å². The largest absolute Gasteiger partial charge is 0.465 e. The quantitative estimate of drug-likeness (QED) is 0.160. The number of aliphatic hydroxyl groups excluding tert-OH is 4. The van der Waals surface area contributed by atoms with Crippen LogP contribution in [-0.4, -0.2) is 72.1 Å². The molecule has 0 radical (unpaired) electrons. The van der Waals surface area contributed by atoms with Gasteiger partial charge in [0.2, 0.25) is 0 Å². The molecular weight excluding hydrogens is 532 g/mol. The van der Waals surface area contributed by atoms with Crippen molar-refractivity contribution in [2.24, 2.45) is 51.2 Å². The number of carbonyl (C=O) groups is 1. The Hall–Kier alpha value is -0.990. The van der Waals surface area contributed by atoms with Crippen LogP contribution in [0.2, 0.25) is 0 Å². The van der Waals surface area contributed by atoms with Crippen molar-refractivity contribution in [2.75, 3.05) is 39.6 Å². The predicted molar refractivity (Wildman–Crippen MR) is 163 cm³/mol. The number of fused-ring (bicyclic) bond motifs is 5. The Balaban J connectivity index is 1.31. The fourth-order valence-corrected chi connectivity index (χ4v) is 9.44. The molecule has 4 aliphatic carbocycles. The monoisotopic (exact) mass is 592 g/mol. The fourth-order valence-electron chi connectivity index (χ4n) is 9.44. The minimum absolute atomic E-state index is 0.0505. The van der Waals surface area contributed by atoms with Crippen LogP contribution in [0.25, 0.3) is 0 Å². The molecule has 7 nitrogen and oxygen atoms in total. The summed E-state index contributed by atoms with van der Waals surface area (Å²) < 4.78 is 11.6. The maximum Gasteiger partial charge on any atom is 0.305 e. The van der Waals surface area contributed by atoms with E-state index in [2.05, 4.69) is 26.8 Å². The summed E-state index contributed by atoms with van der Waals surface area (Å²) in [5.74, 6) is 3.29. The van der Waals surface area contributed by atoms with Crippen LogP contribution in [0.3, 0.4) is 0 Å². The SMILES string of the molecule is C[C@H](CCCC(=O)OCC(C)(CO)CO)[C@H]1CC[C@H]2[C@@H]3CC=C4C[C@@H](OCC(C)(CO)CO)CC[C@]4(C)[C@H]3CC[C@]12C.